The summed E-state index contributed by atoms with van der Waals surface area (Å²) in [6, 6.07) is 22.9. The average Bonchev–Trinajstić information content (AvgIpc) is 3.67. The molecule has 6 nitrogen and oxygen atoms in total. The van der Waals surface area contributed by atoms with Gasteiger partial charge in [-0.3, -0.25) is 9.59 Å². The first kappa shape index (κ1) is 24.7. The van der Waals surface area contributed by atoms with Crippen LogP contribution in [0, 0.1) is 5.92 Å². The lowest BCUT2D eigenvalue weighted by molar-refractivity contribution is -0.115. The van der Waals surface area contributed by atoms with Crippen molar-refractivity contribution >= 4 is 33.0 Å². The van der Waals surface area contributed by atoms with Crippen molar-refractivity contribution in [2.45, 2.75) is 37.5 Å². The zero-order chi connectivity index (χ0) is 24.8. The highest BCUT2D eigenvalue weighted by molar-refractivity contribution is 7.91. The number of hydrogen-bond donors (Lipinski definition) is 1. The standard InChI is InChI=1S/C28H30N2O4S/c1-2-18-30(25-6-4-3-5-7-25)28(32)23-12-14-24(15-13-23)29-27(31)19-21-10-16-26(17-11-21)35(33,34)20-22-8-9-22/h3-7,10-17,22H,2,8-9,18-20H2,1H3,(H,29,31). The second-order valence-corrected chi connectivity index (χ2v) is 11.0. The van der Waals surface area contributed by atoms with Crippen LogP contribution in [0.25, 0.3) is 0 Å². The highest BCUT2D eigenvalue weighted by atomic mass is 32.2. The Labute approximate surface area is 206 Å². The molecule has 0 aliphatic heterocycles. The molecule has 0 radical (unpaired) electrons. The molecule has 1 aliphatic carbocycles. The van der Waals surface area contributed by atoms with Gasteiger partial charge in [0.05, 0.1) is 17.1 Å². The summed E-state index contributed by atoms with van der Waals surface area (Å²) in [6.07, 6.45) is 2.93. The molecule has 2 amide bonds. The largest absolute Gasteiger partial charge is 0.326 e. The van der Waals surface area contributed by atoms with Crippen LogP contribution in [0.2, 0.25) is 0 Å². The van der Waals surface area contributed by atoms with E-state index in [1.165, 1.54) is 0 Å². The topological polar surface area (TPSA) is 83.6 Å². The highest BCUT2D eigenvalue weighted by Gasteiger charge is 2.29. The van der Waals surface area contributed by atoms with Gasteiger partial charge < -0.3 is 10.2 Å². The third-order valence-electron chi connectivity index (χ3n) is 5.98. The fourth-order valence-corrected chi connectivity index (χ4v) is 5.62. The van der Waals surface area contributed by atoms with E-state index in [2.05, 4.69) is 5.32 Å². The van der Waals surface area contributed by atoms with Crippen LogP contribution in [0.1, 0.15) is 42.1 Å². The van der Waals surface area contributed by atoms with E-state index in [0.29, 0.717) is 28.6 Å². The van der Waals surface area contributed by atoms with Gasteiger partial charge in [0, 0.05) is 23.5 Å². The van der Waals surface area contributed by atoms with E-state index in [-0.39, 0.29) is 24.0 Å². The Hall–Kier alpha value is -3.45. The predicted molar refractivity (Wildman–Crippen MR) is 138 cm³/mol. The lowest BCUT2D eigenvalue weighted by atomic mass is 10.1. The molecule has 1 aliphatic rings. The molecule has 182 valence electrons. The molecule has 35 heavy (non-hydrogen) atoms. The summed E-state index contributed by atoms with van der Waals surface area (Å²) in [7, 11) is -3.26. The van der Waals surface area contributed by atoms with Crippen molar-refractivity contribution in [3.8, 4) is 0 Å². The van der Waals surface area contributed by atoms with Crippen molar-refractivity contribution in [2.24, 2.45) is 5.92 Å². The Morgan fingerprint density at radius 3 is 2.17 bits per heavy atom. The molecule has 1 N–H and O–H groups in total. The Bertz CT molecular complexity index is 1270. The molecule has 0 heterocycles. The van der Waals surface area contributed by atoms with Crippen LogP contribution in [0.15, 0.2) is 83.8 Å². The lowest BCUT2D eigenvalue weighted by Gasteiger charge is -2.22. The summed E-state index contributed by atoms with van der Waals surface area (Å²) in [4.78, 5) is 27.6. The van der Waals surface area contributed by atoms with Crippen LogP contribution in [0.5, 0.6) is 0 Å². The third-order valence-corrected chi connectivity index (χ3v) is 7.88. The molecule has 1 saturated carbocycles. The van der Waals surface area contributed by atoms with Gasteiger partial charge in [-0.25, -0.2) is 8.42 Å². The molecule has 4 rings (SSSR count). The summed E-state index contributed by atoms with van der Waals surface area (Å²) in [5.74, 6) is 0.190. The van der Waals surface area contributed by atoms with E-state index < -0.39 is 9.84 Å². The lowest BCUT2D eigenvalue weighted by Crippen LogP contribution is -2.31. The molecule has 0 atom stereocenters. The van der Waals surface area contributed by atoms with Crippen LogP contribution in [-0.2, 0) is 21.1 Å². The normalized spacial score (nSPS) is 13.3. The smallest absolute Gasteiger partial charge is 0.258 e. The van der Waals surface area contributed by atoms with Gasteiger partial charge in [0.1, 0.15) is 0 Å². The molecule has 7 heteroatoms. The number of amides is 2. The molecule has 0 bridgehead atoms. The number of carbonyl (C=O) groups is 2. The van der Waals surface area contributed by atoms with Crippen molar-refractivity contribution in [1.82, 2.24) is 0 Å². The molecular weight excluding hydrogens is 460 g/mol. The van der Waals surface area contributed by atoms with E-state index in [1.807, 2.05) is 37.3 Å². The number of sulfone groups is 1. The van der Waals surface area contributed by atoms with Crippen LogP contribution in [-0.4, -0.2) is 32.5 Å². The fourth-order valence-electron chi connectivity index (χ4n) is 3.93. The van der Waals surface area contributed by atoms with Crippen molar-refractivity contribution < 1.29 is 18.0 Å². The minimum Gasteiger partial charge on any atom is -0.326 e. The number of para-hydroxylation sites is 1. The summed E-state index contributed by atoms with van der Waals surface area (Å²) in [6.45, 7) is 2.64. The quantitative estimate of drug-likeness (QED) is 0.428. The first-order chi connectivity index (χ1) is 16.9. The number of hydrogen-bond acceptors (Lipinski definition) is 4. The van der Waals surface area contributed by atoms with Gasteiger partial charge in [0.15, 0.2) is 9.84 Å². The van der Waals surface area contributed by atoms with E-state index in [4.69, 9.17) is 0 Å². The molecule has 0 spiro atoms. The maximum absolute atomic E-state index is 13.1. The van der Waals surface area contributed by atoms with Crippen LogP contribution < -0.4 is 10.2 Å². The summed E-state index contributed by atoms with van der Waals surface area (Å²) < 4.78 is 24.8. The van der Waals surface area contributed by atoms with Crippen LogP contribution >= 0.6 is 0 Å². The molecule has 0 saturated heterocycles. The van der Waals surface area contributed by atoms with Gasteiger partial charge in [-0.05, 0) is 79.3 Å². The fraction of sp³-hybridized carbons (Fsp3) is 0.286. The molecular formula is C28H30N2O4S. The Kier molecular flexibility index (Phi) is 7.66. The summed E-state index contributed by atoms with van der Waals surface area (Å²) in [5, 5.41) is 2.84. The van der Waals surface area contributed by atoms with Gasteiger partial charge in [-0.15, -0.1) is 0 Å². The van der Waals surface area contributed by atoms with E-state index in [1.54, 1.807) is 53.4 Å². The van der Waals surface area contributed by atoms with Gasteiger partial charge in [-0.2, -0.15) is 0 Å². The zero-order valence-electron chi connectivity index (χ0n) is 19.8. The second kappa shape index (κ2) is 10.9. The first-order valence-corrected chi connectivity index (χ1v) is 13.6. The van der Waals surface area contributed by atoms with Gasteiger partial charge in [-0.1, -0.05) is 37.3 Å². The van der Waals surface area contributed by atoms with Crippen molar-refractivity contribution in [2.75, 3.05) is 22.5 Å². The van der Waals surface area contributed by atoms with Crippen LogP contribution in [0.4, 0.5) is 11.4 Å². The molecule has 3 aromatic carbocycles. The number of nitrogens with one attached hydrogen (secondary N) is 1. The van der Waals surface area contributed by atoms with Crippen LogP contribution in [0.3, 0.4) is 0 Å². The van der Waals surface area contributed by atoms with E-state index in [0.717, 1.165) is 30.5 Å². The van der Waals surface area contributed by atoms with Gasteiger partial charge >= 0.3 is 0 Å². The average molecular weight is 491 g/mol. The van der Waals surface area contributed by atoms with Gasteiger partial charge in [0.25, 0.3) is 5.91 Å². The maximum atomic E-state index is 13.1. The Morgan fingerprint density at radius 2 is 1.57 bits per heavy atom. The molecule has 3 aromatic rings. The number of carbonyl (C=O) groups excluding carboxylic acids is 2. The van der Waals surface area contributed by atoms with E-state index in [9.17, 15) is 18.0 Å². The first-order valence-electron chi connectivity index (χ1n) is 11.9. The van der Waals surface area contributed by atoms with Crippen molar-refractivity contribution in [3.05, 3.63) is 90.0 Å². The molecule has 0 unspecified atom stereocenters. The zero-order valence-corrected chi connectivity index (χ0v) is 20.6. The van der Waals surface area contributed by atoms with Gasteiger partial charge in [0.2, 0.25) is 5.91 Å². The third kappa shape index (κ3) is 6.57. The van der Waals surface area contributed by atoms with Crippen molar-refractivity contribution in [3.63, 3.8) is 0 Å². The molecule has 1 fully saturated rings. The summed E-state index contributed by atoms with van der Waals surface area (Å²) >= 11 is 0. The Balaban J connectivity index is 1.36. The number of rotatable bonds is 10. The monoisotopic (exact) mass is 490 g/mol. The minimum atomic E-state index is -3.26. The van der Waals surface area contributed by atoms with Crippen molar-refractivity contribution in [1.29, 1.82) is 0 Å². The number of benzene rings is 3. The maximum Gasteiger partial charge on any atom is 0.258 e. The summed E-state index contributed by atoms with van der Waals surface area (Å²) in [5.41, 5.74) is 2.72. The minimum absolute atomic E-state index is 0.0901. The second-order valence-electron chi connectivity index (χ2n) is 8.96. The number of nitrogens with zero attached hydrogens (tertiary/aromatic N) is 1. The predicted octanol–water partition coefficient (Wildman–Crippen LogP) is 5.11. The Morgan fingerprint density at radius 1 is 0.914 bits per heavy atom. The van der Waals surface area contributed by atoms with E-state index >= 15 is 0 Å². The SMILES string of the molecule is CCCN(C(=O)c1ccc(NC(=O)Cc2ccc(S(=O)(=O)CC3CC3)cc2)cc1)c1ccccc1. The molecule has 0 aromatic heterocycles. The number of anilines is 2. The highest BCUT2D eigenvalue weighted by Crippen LogP contribution is 2.32.